The van der Waals surface area contributed by atoms with Gasteiger partial charge in [-0.3, -0.25) is 9.38 Å². The molecular weight excluding hydrogens is 282 g/mol. The number of benzene rings is 1. The molecule has 0 bridgehead atoms. The Labute approximate surface area is 136 Å². The molecule has 3 heteroatoms. The van der Waals surface area contributed by atoms with E-state index in [-0.39, 0.29) is 5.41 Å². The molecule has 0 saturated carbocycles. The summed E-state index contributed by atoms with van der Waals surface area (Å²) >= 11 is 0. The molecule has 3 heterocycles. The van der Waals surface area contributed by atoms with Crippen LogP contribution in [0.3, 0.4) is 0 Å². The summed E-state index contributed by atoms with van der Waals surface area (Å²) in [4.78, 5) is 9.71. The highest BCUT2D eigenvalue weighted by molar-refractivity contribution is 5.96. The van der Waals surface area contributed by atoms with Crippen molar-refractivity contribution in [2.45, 2.75) is 40.0 Å². The number of hydrogen-bond acceptors (Lipinski definition) is 2. The molecular formula is C20H21N3. The van der Waals surface area contributed by atoms with E-state index in [9.17, 15) is 0 Å². The van der Waals surface area contributed by atoms with Crippen LogP contribution in [0.1, 0.15) is 37.6 Å². The van der Waals surface area contributed by atoms with Crippen LogP contribution < -0.4 is 0 Å². The number of fused-ring (bicyclic) bond motifs is 5. The second-order valence-corrected chi connectivity index (χ2v) is 7.43. The first kappa shape index (κ1) is 14.2. The van der Waals surface area contributed by atoms with Gasteiger partial charge >= 0.3 is 0 Å². The molecule has 0 atom stereocenters. The predicted octanol–water partition coefficient (Wildman–Crippen LogP) is 4.95. The molecule has 4 aromatic rings. The lowest BCUT2D eigenvalue weighted by Gasteiger charge is -2.18. The molecule has 116 valence electrons. The van der Waals surface area contributed by atoms with Gasteiger partial charge in [-0.25, -0.2) is 4.98 Å². The Morgan fingerprint density at radius 3 is 2.35 bits per heavy atom. The van der Waals surface area contributed by atoms with Crippen LogP contribution in [0.15, 0.2) is 36.5 Å². The maximum atomic E-state index is 4.86. The highest BCUT2D eigenvalue weighted by atomic mass is 15.0. The fourth-order valence-corrected chi connectivity index (χ4v) is 3.05. The minimum absolute atomic E-state index is 0.0503. The molecule has 0 fully saturated rings. The van der Waals surface area contributed by atoms with Gasteiger partial charge in [0.2, 0.25) is 0 Å². The maximum Gasteiger partial charge on any atom is 0.147 e. The van der Waals surface area contributed by atoms with Crippen molar-refractivity contribution in [1.82, 2.24) is 14.4 Å². The zero-order valence-electron chi connectivity index (χ0n) is 14.3. The molecule has 1 aromatic carbocycles. The van der Waals surface area contributed by atoms with Crippen LogP contribution in [0, 0.1) is 13.8 Å². The van der Waals surface area contributed by atoms with Gasteiger partial charge < -0.3 is 0 Å². The molecule has 0 spiro atoms. The van der Waals surface area contributed by atoms with Crippen LogP contribution in [0.2, 0.25) is 0 Å². The monoisotopic (exact) mass is 303 g/mol. The molecule has 0 amide bonds. The number of imidazole rings is 1. The van der Waals surface area contributed by atoms with Gasteiger partial charge in [-0.2, -0.15) is 0 Å². The quantitative estimate of drug-likeness (QED) is 0.460. The smallest absolute Gasteiger partial charge is 0.147 e. The number of nitrogens with zero attached hydrogens (tertiary/aromatic N) is 3. The average Bonchev–Trinajstić information content (AvgIpc) is 2.84. The molecule has 0 aliphatic carbocycles. The van der Waals surface area contributed by atoms with Crippen molar-refractivity contribution in [3.8, 4) is 0 Å². The van der Waals surface area contributed by atoms with E-state index >= 15 is 0 Å². The van der Waals surface area contributed by atoms with Crippen molar-refractivity contribution < 1.29 is 0 Å². The predicted molar refractivity (Wildman–Crippen MR) is 96.2 cm³/mol. The average molecular weight is 303 g/mol. The lowest BCUT2D eigenvalue weighted by atomic mass is 9.91. The van der Waals surface area contributed by atoms with Crippen LogP contribution in [0.4, 0.5) is 0 Å². The van der Waals surface area contributed by atoms with Crippen molar-refractivity contribution in [3.05, 3.63) is 53.3 Å². The Bertz CT molecular complexity index is 1070. The molecule has 0 aliphatic heterocycles. The first-order chi connectivity index (χ1) is 10.8. The van der Waals surface area contributed by atoms with Gasteiger partial charge in [-0.15, -0.1) is 0 Å². The minimum atomic E-state index is 0.0503. The molecule has 0 radical (unpaired) electrons. The molecule has 0 saturated heterocycles. The zero-order valence-corrected chi connectivity index (χ0v) is 14.3. The first-order valence-corrected chi connectivity index (χ1v) is 8.04. The summed E-state index contributed by atoms with van der Waals surface area (Å²) in [5, 5.41) is 1.10. The van der Waals surface area contributed by atoms with Crippen LogP contribution in [-0.2, 0) is 5.41 Å². The zero-order chi connectivity index (χ0) is 16.4. The highest BCUT2D eigenvalue weighted by Crippen LogP contribution is 2.28. The number of pyridine rings is 2. The van der Waals surface area contributed by atoms with Crippen LogP contribution in [0.5, 0.6) is 0 Å². The van der Waals surface area contributed by atoms with Gasteiger partial charge in [0.25, 0.3) is 0 Å². The van der Waals surface area contributed by atoms with E-state index < -0.39 is 0 Å². The van der Waals surface area contributed by atoms with Crippen molar-refractivity contribution in [2.24, 2.45) is 0 Å². The van der Waals surface area contributed by atoms with Crippen LogP contribution in [0.25, 0.3) is 27.6 Å². The summed E-state index contributed by atoms with van der Waals surface area (Å²) in [6, 6.07) is 10.8. The molecule has 0 aliphatic rings. The van der Waals surface area contributed by atoms with E-state index in [0.29, 0.717) is 0 Å². The summed E-state index contributed by atoms with van der Waals surface area (Å²) in [6.45, 7) is 10.8. The lowest BCUT2D eigenvalue weighted by molar-refractivity contribution is 0.571. The number of aromatic nitrogens is 3. The minimum Gasteiger partial charge on any atom is -0.299 e. The molecule has 0 unspecified atom stereocenters. The normalized spacial score (nSPS) is 12.6. The highest BCUT2D eigenvalue weighted by Gasteiger charge is 2.17. The number of rotatable bonds is 0. The summed E-state index contributed by atoms with van der Waals surface area (Å²) in [5.74, 6) is 0. The van der Waals surface area contributed by atoms with Gasteiger partial charge in [0, 0.05) is 22.7 Å². The van der Waals surface area contributed by atoms with Crippen molar-refractivity contribution in [3.63, 3.8) is 0 Å². The largest absolute Gasteiger partial charge is 0.299 e. The van der Waals surface area contributed by atoms with Crippen LogP contribution in [-0.4, -0.2) is 14.4 Å². The van der Waals surface area contributed by atoms with E-state index in [1.54, 1.807) is 0 Å². The Hall–Kier alpha value is -2.42. The number of hydrogen-bond donors (Lipinski definition) is 0. The van der Waals surface area contributed by atoms with Gasteiger partial charge in [-0.1, -0.05) is 20.8 Å². The molecule has 23 heavy (non-hydrogen) atoms. The third kappa shape index (κ3) is 2.11. The summed E-state index contributed by atoms with van der Waals surface area (Å²) in [5.41, 5.74) is 7.92. The molecule has 0 N–H and O–H groups in total. The second kappa shape index (κ2) is 4.54. The van der Waals surface area contributed by atoms with Crippen molar-refractivity contribution >= 4 is 27.6 Å². The Morgan fingerprint density at radius 2 is 1.61 bits per heavy atom. The summed E-state index contributed by atoms with van der Waals surface area (Å²) in [6.07, 6.45) is 2.08. The SMILES string of the molecule is Cc1cc2nc3c4ccc(C(C)(C)C)nc4ccn3c2cc1C. The van der Waals surface area contributed by atoms with Crippen LogP contribution >= 0.6 is 0 Å². The van der Waals surface area contributed by atoms with E-state index in [1.165, 1.54) is 11.1 Å². The standard InChI is InChI=1S/C20H21N3/c1-12-10-16-17(11-13(12)2)23-9-8-15-14(19(23)22-16)6-7-18(21-15)20(3,4)5/h6-11H,1-5H3. The summed E-state index contributed by atoms with van der Waals surface area (Å²) in [7, 11) is 0. The van der Waals surface area contributed by atoms with Gasteiger partial charge in [0.1, 0.15) is 5.65 Å². The van der Waals surface area contributed by atoms with Gasteiger partial charge in [-0.05, 0) is 55.3 Å². The molecule has 3 nitrogen and oxygen atoms in total. The third-order valence-corrected chi connectivity index (χ3v) is 4.62. The number of aryl methyl sites for hydroxylation is 2. The first-order valence-electron chi connectivity index (χ1n) is 8.04. The Kier molecular flexibility index (Phi) is 2.80. The van der Waals surface area contributed by atoms with E-state index in [2.05, 4.69) is 75.5 Å². The van der Waals surface area contributed by atoms with E-state index in [1.807, 2.05) is 0 Å². The van der Waals surface area contributed by atoms with E-state index in [0.717, 1.165) is 33.3 Å². The Balaban J connectivity index is 2.09. The topological polar surface area (TPSA) is 30.2 Å². The Morgan fingerprint density at radius 1 is 0.870 bits per heavy atom. The molecule has 4 rings (SSSR count). The van der Waals surface area contributed by atoms with Crippen molar-refractivity contribution in [2.75, 3.05) is 0 Å². The molecule has 3 aromatic heterocycles. The summed E-state index contributed by atoms with van der Waals surface area (Å²) < 4.78 is 2.17. The third-order valence-electron chi connectivity index (χ3n) is 4.62. The lowest BCUT2D eigenvalue weighted by Crippen LogP contribution is -2.13. The van der Waals surface area contributed by atoms with E-state index in [4.69, 9.17) is 9.97 Å². The second-order valence-electron chi connectivity index (χ2n) is 7.43. The fourth-order valence-electron chi connectivity index (χ4n) is 3.05. The van der Waals surface area contributed by atoms with Gasteiger partial charge in [0.05, 0.1) is 16.6 Å². The van der Waals surface area contributed by atoms with Crippen molar-refractivity contribution in [1.29, 1.82) is 0 Å². The van der Waals surface area contributed by atoms with Gasteiger partial charge in [0.15, 0.2) is 0 Å². The maximum absolute atomic E-state index is 4.86. The fraction of sp³-hybridized carbons (Fsp3) is 0.300.